The minimum Gasteiger partial charge on any atom is -0.383 e. The average Bonchev–Trinajstić information content (AvgIpc) is 2.79. The van der Waals surface area contributed by atoms with E-state index < -0.39 is 0 Å². The van der Waals surface area contributed by atoms with Crippen LogP contribution < -0.4 is 5.32 Å². The third kappa shape index (κ3) is 3.99. The Bertz CT molecular complexity index is 365. The smallest absolute Gasteiger partial charge is 0.246 e. The van der Waals surface area contributed by atoms with E-state index in [0.29, 0.717) is 16.7 Å². The van der Waals surface area contributed by atoms with Gasteiger partial charge in [-0.25, -0.2) is 0 Å². The Morgan fingerprint density at radius 1 is 1.55 bits per heavy atom. The molecule has 2 heterocycles. The first-order valence-electron chi connectivity index (χ1n) is 7.38. The number of carbonyl (C=O) groups is 1. The summed E-state index contributed by atoms with van der Waals surface area (Å²) in [6.45, 7) is 7.66. The molecule has 20 heavy (non-hydrogen) atoms. The van der Waals surface area contributed by atoms with Gasteiger partial charge in [-0.05, 0) is 18.4 Å². The number of ether oxygens (including phenoxy) is 1. The molecule has 0 aliphatic carbocycles. The normalized spacial score (nSPS) is 24.8. The van der Waals surface area contributed by atoms with Gasteiger partial charge >= 0.3 is 0 Å². The summed E-state index contributed by atoms with van der Waals surface area (Å²) < 4.78 is 5.37. The third-order valence-corrected chi connectivity index (χ3v) is 5.45. The number of methoxy groups -OCH3 is 1. The number of amides is 1. The molecule has 1 atom stereocenters. The fraction of sp³-hybridized carbons (Fsp3) is 0.800. The summed E-state index contributed by atoms with van der Waals surface area (Å²) in [6.07, 6.45) is 4.87. The fourth-order valence-corrected chi connectivity index (χ4v) is 4.35. The molecule has 0 aromatic rings. The van der Waals surface area contributed by atoms with Gasteiger partial charge in [0.2, 0.25) is 5.91 Å². The summed E-state index contributed by atoms with van der Waals surface area (Å²) in [4.78, 5) is 13.9. The Morgan fingerprint density at radius 3 is 2.95 bits per heavy atom. The monoisotopic (exact) mass is 298 g/mol. The van der Waals surface area contributed by atoms with Crippen LogP contribution in [0, 0.1) is 5.92 Å². The Morgan fingerprint density at radius 2 is 2.30 bits per heavy atom. The molecule has 0 aromatic heterocycles. The molecule has 0 aromatic carbocycles. The van der Waals surface area contributed by atoms with Crippen LogP contribution in [0.4, 0.5) is 0 Å². The van der Waals surface area contributed by atoms with Crippen LogP contribution in [0.15, 0.2) is 12.2 Å². The lowest BCUT2D eigenvalue weighted by Crippen LogP contribution is -2.60. The molecule has 0 saturated carbocycles. The maximum atomic E-state index is 12.0. The van der Waals surface area contributed by atoms with Crippen molar-refractivity contribution >= 4 is 17.7 Å². The molecule has 5 heteroatoms. The van der Waals surface area contributed by atoms with E-state index in [-0.39, 0.29) is 5.91 Å². The first-order chi connectivity index (χ1) is 9.54. The number of rotatable bonds is 6. The van der Waals surface area contributed by atoms with Crippen molar-refractivity contribution < 1.29 is 9.53 Å². The number of carbonyl (C=O) groups excluding carboxylic acids is 1. The first kappa shape index (κ1) is 15.9. The molecule has 2 fully saturated rings. The highest BCUT2D eigenvalue weighted by Gasteiger charge is 2.49. The van der Waals surface area contributed by atoms with Gasteiger partial charge in [-0.2, -0.15) is 0 Å². The summed E-state index contributed by atoms with van der Waals surface area (Å²) in [5, 5.41) is 3.53. The average molecular weight is 298 g/mol. The van der Waals surface area contributed by atoms with Gasteiger partial charge < -0.3 is 15.0 Å². The van der Waals surface area contributed by atoms with Crippen LogP contribution in [-0.2, 0) is 9.53 Å². The highest BCUT2D eigenvalue weighted by molar-refractivity contribution is 8.01. The Hall–Kier alpha value is -0.520. The number of nitrogens with zero attached hydrogens (tertiary/aromatic N) is 1. The molecule has 2 aliphatic rings. The highest BCUT2D eigenvalue weighted by atomic mass is 32.2. The Balaban J connectivity index is 1.71. The number of thioether (sulfide) groups is 1. The molecule has 114 valence electrons. The SMILES string of the molecule is COCCNC1CSC2(C1)CN(C(=O)/C=C/C(C)C)C2. The summed E-state index contributed by atoms with van der Waals surface area (Å²) in [5.41, 5.74) is 0. The molecular formula is C15H26N2O2S. The van der Waals surface area contributed by atoms with Crippen LogP contribution in [0.3, 0.4) is 0 Å². The van der Waals surface area contributed by atoms with Crippen LogP contribution in [0.25, 0.3) is 0 Å². The van der Waals surface area contributed by atoms with E-state index in [0.717, 1.165) is 32.0 Å². The second kappa shape index (κ2) is 6.96. The number of hydrogen-bond acceptors (Lipinski definition) is 4. The van der Waals surface area contributed by atoms with E-state index in [2.05, 4.69) is 19.2 Å². The summed E-state index contributed by atoms with van der Waals surface area (Å²) >= 11 is 2.02. The standard InChI is InChI=1S/C15H26N2O2S/c1-12(2)4-5-14(18)17-10-15(11-17)8-13(9-20-15)16-6-7-19-3/h4-5,12-13,16H,6-11H2,1-3H3/b5-4+. The van der Waals surface area contributed by atoms with Crippen LogP contribution in [0.2, 0.25) is 0 Å². The molecule has 1 unspecified atom stereocenters. The van der Waals surface area contributed by atoms with E-state index in [9.17, 15) is 4.79 Å². The summed E-state index contributed by atoms with van der Waals surface area (Å²) in [5.74, 6) is 1.75. The zero-order valence-corrected chi connectivity index (χ0v) is 13.5. The van der Waals surface area contributed by atoms with Crippen molar-refractivity contribution in [2.45, 2.75) is 31.1 Å². The van der Waals surface area contributed by atoms with Gasteiger partial charge in [0.15, 0.2) is 0 Å². The van der Waals surface area contributed by atoms with Gasteiger partial charge in [0, 0.05) is 38.5 Å². The second-order valence-corrected chi connectivity index (χ2v) is 7.63. The number of likely N-dealkylation sites (tertiary alicyclic amines) is 1. The first-order valence-corrected chi connectivity index (χ1v) is 8.36. The van der Waals surface area contributed by atoms with Crippen molar-refractivity contribution in [1.82, 2.24) is 10.2 Å². The highest BCUT2D eigenvalue weighted by Crippen LogP contribution is 2.45. The molecule has 2 rings (SSSR count). The van der Waals surface area contributed by atoms with Crippen molar-refractivity contribution in [3.63, 3.8) is 0 Å². The van der Waals surface area contributed by atoms with E-state index in [1.807, 2.05) is 22.7 Å². The van der Waals surface area contributed by atoms with Gasteiger partial charge in [0.1, 0.15) is 0 Å². The number of nitrogens with one attached hydrogen (secondary N) is 1. The fourth-order valence-electron chi connectivity index (χ4n) is 2.75. The largest absolute Gasteiger partial charge is 0.383 e. The third-order valence-electron chi connectivity index (χ3n) is 3.84. The van der Waals surface area contributed by atoms with Crippen LogP contribution in [0.1, 0.15) is 20.3 Å². The maximum absolute atomic E-state index is 12.0. The number of allylic oxidation sites excluding steroid dienone is 1. The lowest BCUT2D eigenvalue weighted by Gasteiger charge is -2.47. The molecular weight excluding hydrogens is 272 g/mol. The van der Waals surface area contributed by atoms with E-state index in [1.54, 1.807) is 13.2 Å². The Labute approximate surface area is 126 Å². The van der Waals surface area contributed by atoms with E-state index in [4.69, 9.17) is 4.74 Å². The molecule has 4 nitrogen and oxygen atoms in total. The van der Waals surface area contributed by atoms with Crippen LogP contribution >= 0.6 is 11.8 Å². The van der Waals surface area contributed by atoms with Gasteiger partial charge in [0.05, 0.1) is 11.4 Å². The molecule has 1 spiro atoms. The van der Waals surface area contributed by atoms with Gasteiger partial charge in [0.25, 0.3) is 0 Å². The van der Waals surface area contributed by atoms with Crippen molar-refractivity contribution in [1.29, 1.82) is 0 Å². The predicted octanol–water partition coefficient (Wildman–Crippen LogP) is 1.52. The second-order valence-electron chi connectivity index (χ2n) is 6.14. The molecule has 2 saturated heterocycles. The molecule has 2 aliphatic heterocycles. The van der Waals surface area contributed by atoms with Crippen LogP contribution in [0.5, 0.6) is 0 Å². The molecule has 0 radical (unpaired) electrons. The zero-order valence-electron chi connectivity index (χ0n) is 12.7. The van der Waals surface area contributed by atoms with Crippen molar-refractivity contribution in [3.05, 3.63) is 12.2 Å². The van der Waals surface area contributed by atoms with Gasteiger partial charge in [-0.3, -0.25) is 4.79 Å². The summed E-state index contributed by atoms with van der Waals surface area (Å²) in [6, 6.07) is 0.568. The van der Waals surface area contributed by atoms with Crippen molar-refractivity contribution in [3.8, 4) is 0 Å². The predicted molar refractivity (Wildman–Crippen MR) is 84.0 cm³/mol. The van der Waals surface area contributed by atoms with Gasteiger partial charge in [-0.1, -0.05) is 19.9 Å². The quantitative estimate of drug-likeness (QED) is 0.596. The van der Waals surface area contributed by atoms with E-state index >= 15 is 0 Å². The lowest BCUT2D eigenvalue weighted by molar-refractivity contribution is -0.131. The molecule has 0 bridgehead atoms. The van der Waals surface area contributed by atoms with Crippen LogP contribution in [-0.4, -0.2) is 60.7 Å². The minimum atomic E-state index is 0.167. The lowest BCUT2D eigenvalue weighted by atomic mass is 9.92. The Kier molecular flexibility index (Phi) is 5.52. The maximum Gasteiger partial charge on any atom is 0.246 e. The summed E-state index contributed by atoms with van der Waals surface area (Å²) in [7, 11) is 1.73. The van der Waals surface area contributed by atoms with E-state index in [1.165, 1.54) is 6.42 Å². The van der Waals surface area contributed by atoms with Crippen molar-refractivity contribution in [2.24, 2.45) is 5.92 Å². The topological polar surface area (TPSA) is 41.6 Å². The number of hydrogen-bond donors (Lipinski definition) is 1. The zero-order chi connectivity index (χ0) is 14.6. The minimum absolute atomic E-state index is 0.167. The van der Waals surface area contributed by atoms with Crippen molar-refractivity contribution in [2.75, 3.05) is 39.1 Å². The molecule has 1 amide bonds. The molecule has 1 N–H and O–H groups in total. The van der Waals surface area contributed by atoms with Gasteiger partial charge in [-0.15, -0.1) is 11.8 Å².